The van der Waals surface area contributed by atoms with Gasteiger partial charge in [-0.2, -0.15) is 0 Å². The predicted octanol–water partition coefficient (Wildman–Crippen LogP) is 13.8. The first kappa shape index (κ1) is 35.5. The minimum atomic E-state index is 0.594. The van der Waals surface area contributed by atoms with Crippen molar-refractivity contribution >= 4 is 43.6 Å². The highest BCUT2D eigenvalue weighted by atomic mass is 15.0. The highest BCUT2D eigenvalue weighted by Gasteiger charge is 2.18. The van der Waals surface area contributed by atoms with Crippen LogP contribution in [0.25, 0.3) is 112 Å². The second kappa shape index (κ2) is 14.7. The topological polar surface area (TPSA) is 61.4 Å². The molecule has 0 aliphatic heterocycles. The number of hydrogen-bond acceptors (Lipinski definition) is 4. The maximum absolute atomic E-state index is 4.99. The smallest absolute Gasteiger partial charge is 0.164 e. The summed E-state index contributed by atoms with van der Waals surface area (Å²) < 4.78 is 4.74. The zero-order chi connectivity index (χ0) is 41.0. The van der Waals surface area contributed by atoms with E-state index in [1.165, 1.54) is 43.7 Å². The molecule has 0 amide bonds. The molecule has 0 atom stereocenters. The number of aromatic nitrogens is 6. The molecule has 4 aromatic heterocycles. The van der Waals surface area contributed by atoms with E-state index >= 15 is 0 Å². The van der Waals surface area contributed by atoms with Gasteiger partial charge in [-0.3, -0.25) is 4.98 Å². The van der Waals surface area contributed by atoms with Crippen LogP contribution in [0.5, 0.6) is 0 Å². The molecular formula is C56H36N6. The molecule has 0 aliphatic rings. The molecule has 6 nitrogen and oxygen atoms in total. The molecule has 8 aromatic carbocycles. The summed E-state index contributed by atoms with van der Waals surface area (Å²) in [6, 6.07) is 74.5. The van der Waals surface area contributed by atoms with Crippen molar-refractivity contribution in [3.05, 3.63) is 219 Å². The van der Waals surface area contributed by atoms with Crippen molar-refractivity contribution in [1.82, 2.24) is 29.1 Å². The normalized spacial score (nSPS) is 11.5. The van der Waals surface area contributed by atoms with Crippen LogP contribution in [0.4, 0.5) is 0 Å². The first-order chi connectivity index (χ1) is 30.7. The quantitative estimate of drug-likeness (QED) is 0.161. The summed E-state index contributed by atoms with van der Waals surface area (Å²) in [5.41, 5.74) is 13.8. The van der Waals surface area contributed by atoms with Gasteiger partial charge in [0.15, 0.2) is 17.5 Å². The average Bonchev–Trinajstić information content (AvgIpc) is 3.87. The fraction of sp³-hybridized carbons (Fsp3) is 0. The lowest BCUT2D eigenvalue weighted by atomic mass is 9.99. The molecule has 0 saturated carbocycles. The van der Waals surface area contributed by atoms with Crippen molar-refractivity contribution in [1.29, 1.82) is 0 Å². The van der Waals surface area contributed by atoms with Crippen LogP contribution in [0.15, 0.2) is 219 Å². The van der Waals surface area contributed by atoms with E-state index in [4.69, 9.17) is 19.9 Å². The van der Waals surface area contributed by atoms with Crippen molar-refractivity contribution in [2.24, 2.45) is 0 Å². The monoisotopic (exact) mass is 792 g/mol. The van der Waals surface area contributed by atoms with Crippen molar-refractivity contribution in [2.45, 2.75) is 0 Å². The maximum Gasteiger partial charge on any atom is 0.164 e. The zero-order valence-electron chi connectivity index (χ0n) is 33.5. The Kier molecular flexibility index (Phi) is 8.38. The van der Waals surface area contributed by atoms with Crippen molar-refractivity contribution in [3.63, 3.8) is 0 Å². The number of para-hydroxylation sites is 3. The van der Waals surface area contributed by atoms with E-state index in [9.17, 15) is 0 Å². The van der Waals surface area contributed by atoms with Crippen LogP contribution >= 0.6 is 0 Å². The fourth-order valence-corrected chi connectivity index (χ4v) is 8.98. The number of pyridine rings is 1. The Labute approximate surface area is 357 Å². The summed E-state index contributed by atoms with van der Waals surface area (Å²) >= 11 is 0. The van der Waals surface area contributed by atoms with Crippen LogP contribution in [-0.2, 0) is 0 Å². The fourth-order valence-electron chi connectivity index (χ4n) is 8.98. The highest BCUT2D eigenvalue weighted by molar-refractivity contribution is 6.16. The molecule has 0 unspecified atom stereocenters. The standard InChI is InChI=1S/C56H36N6/c1-4-15-38(16-5-1)54-58-55(39-17-6-2-7-18-39)60-56(59-54)41-33-34-57-48(35-41)40-29-32-46-45-21-10-12-24-49(45)62(52(46)36-40)43-30-27-37(28-31-43)44-23-14-26-51-53(44)47-22-11-13-25-50(47)61(51)42-19-8-3-9-20-42/h1-36H. The van der Waals surface area contributed by atoms with Crippen LogP contribution in [0, 0.1) is 0 Å². The first-order valence-corrected chi connectivity index (χ1v) is 20.8. The Morgan fingerprint density at radius 2 is 0.823 bits per heavy atom. The van der Waals surface area contributed by atoms with Gasteiger partial charge >= 0.3 is 0 Å². The molecule has 0 bridgehead atoms. The summed E-state index contributed by atoms with van der Waals surface area (Å²) in [6.45, 7) is 0. The number of nitrogens with zero attached hydrogens (tertiary/aromatic N) is 6. The Morgan fingerprint density at radius 3 is 1.52 bits per heavy atom. The van der Waals surface area contributed by atoms with Gasteiger partial charge in [-0.25, -0.2) is 15.0 Å². The Morgan fingerprint density at radius 1 is 0.306 bits per heavy atom. The van der Waals surface area contributed by atoms with Gasteiger partial charge in [-0.1, -0.05) is 152 Å². The zero-order valence-corrected chi connectivity index (χ0v) is 33.5. The van der Waals surface area contributed by atoms with E-state index in [-0.39, 0.29) is 0 Å². The largest absolute Gasteiger partial charge is 0.309 e. The molecule has 0 radical (unpaired) electrons. The molecule has 6 heteroatoms. The molecule has 4 heterocycles. The third kappa shape index (κ3) is 5.96. The van der Waals surface area contributed by atoms with E-state index in [2.05, 4.69) is 155 Å². The third-order valence-electron chi connectivity index (χ3n) is 11.8. The van der Waals surface area contributed by atoms with E-state index in [0.717, 1.165) is 50.4 Å². The minimum Gasteiger partial charge on any atom is -0.309 e. The van der Waals surface area contributed by atoms with Gasteiger partial charge in [0.2, 0.25) is 0 Å². The summed E-state index contributed by atoms with van der Waals surface area (Å²) in [7, 11) is 0. The van der Waals surface area contributed by atoms with Crippen LogP contribution in [-0.4, -0.2) is 29.1 Å². The second-order valence-electron chi connectivity index (χ2n) is 15.5. The lowest BCUT2D eigenvalue weighted by molar-refractivity contribution is 1.07. The molecule has 0 spiro atoms. The third-order valence-corrected chi connectivity index (χ3v) is 11.8. The van der Waals surface area contributed by atoms with Crippen molar-refractivity contribution in [2.75, 3.05) is 0 Å². The maximum atomic E-state index is 4.99. The van der Waals surface area contributed by atoms with E-state index in [0.29, 0.717) is 17.5 Å². The molecule has 0 fully saturated rings. The molecule has 62 heavy (non-hydrogen) atoms. The molecular weight excluding hydrogens is 757 g/mol. The van der Waals surface area contributed by atoms with Gasteiger partial charge in [0.1, 0.15) is 0 Å². The lowest BCUT2D eigenvalue weighted by Crippen LogP contribution is -2.00. The van der Waals surface area contributed by atoms with Crippen molar-refractivity contribution < 1.29 is 0 Å². The van der Waals surface area contributed by atoms with Gasteiger partial charge in [0.05, 0.1) is 27.8 Å². The van der Waals surface area contributed by atoms with Crippen LogP contribution in [0.2, 0.25) is 0 Å². The number of rotatable bonds is 7. The minimum absolute atomic E-state index is 0.594. The number of fused-ring (bicyclic) bond motifs is 6. The molecule has 0 saturated heterocycles. The average molecular weight is 793 g/mol. The Hall–Kier alpha value is -8.48. The molecule has 290 valence electrons. The van der Waals surface area contributed by atoms with Crippen molar-refractivity contribution in [3.8, 4) is 67.9 Å². The van der Waals surface area contributed by atoms with E-state index in [1.54, 1.807) is 0 Å². The molecule has 12 aromatic rings. The van der Waals surface area contributed by atoms with Gasteiger partial charge in [0, 0.05) is 61.4 Å². The SMILES string of the molecule is c1ccc(-c2nc(-c3ccccc3)nc(-c3ccnc(-c4ccc5c6ccccc6n(-c6ccc(-c7cccc8c7c7ccccc7n8-c7ccccc7)cc6)c5c4)c3)n2)cc1. The first-order valence-electron chi connectivity index (χ1n) is 20.8. The number of benzene rings is 8. The molecule has 0 N–H and O–H groups in total. The Bertz CT molecular complexity index is 3550. The lowest BCUT2D eigenvalue weighted by Gasteiger charge is -2.12. The van der Waals surface area contributed by atoms with E-state index < -0.39 is 0 Å². The molecule has 12 rings (SSSR count). The van der Waals surface area contributed by atoms with Crippen LogP contribution in [0.1, 0.15) is 0 Å². The summed E-state index contributed by atoms with van der Waals surface area (Å²) in [5, 5.41) is 4.87. The van der Waals surface area contributed by atoms with Crippen LogP contribution < -0.4 is 0 Å². The van der Waals surface area contributed by atoms with Gasteiger partial charge < -0.3 is 9.13 Å². The summed E-state index contributed by atoms with van der Waals surface area (Å²) in [5.74, 6) is 1.85. The van der Waals surface area contributed by atoms with Gasteiger partial charge in [-0.05, 0) is 71.8 Å². The van der Waals surface area contributed by atoms with E-state index in [1.807, 2.05) is 72.9 Å². The summed E-state index contributed by atoms with van der Waals surface area (Å²) in [4.78, 5) is 19.8. The highest BCUT2D eigenvalue weighted by Crippen LogP contribution is 2.40. The van der Waals surface area contributed by atoms with Crippen LogP contribution in [0.3, 0.4) is 0 Å². The number of hydrogen-bond donors (Lipinski definition) is 0. The van der Waals surface area contributed by atoms with Gasteiger partial charge in [0.25, 0.3) is 0 Å². The predicted molar refractivity (Wildman–Crippen MR) is 253 cm³/mol. The second-order valence-corrected chi connectivity index (χ2v) is 15.5. The summed E-state index contributed by atoms with van der Waals surface area (Å²) in [6.07, 6.45) is 1.84. The Balaban J connectivity index is 0.963. The molecule has 0 aliphatic carbocycles. The van der Waals surface area contributed by atoms with Gasteiger partial charge in [-0.15, -0.1) is 0 Å².